The molecule has 0 N–H and O–H groups in total. The third kappa shape index (κ3) is 4.60. The first-order valence-electron chi connectivity index (χ1n) is 8.71. The van der Waals surface area contributed by atoms with Crippen LogP contribution in [0.2, 0.25) is 0 Å². The highest BCUT2D eigenvalue weighted by Gasteiger charge is 2.14. The number of benzene rings is 2. The number of ether oxygens (including phenoxy) is 3. The first-order chi connectivity index (χ1) is 14.2. The summed E-state index contributed by atoms with van der Waals surface area (Å²) in [6, 6.07) is 17.8. The maximum Gasteiger partial charge on any atom is 0.345 e. The number of methoxy groups -OCH3 is 2. The van der Waals surface area contributed by atoms with E-state index in [0.29, 0.717) is 33.8 Å². The van der Waals surface area contributed by atoms with Gasteiger partial charge in [-0.3, -0.25) is 4.98 Å². The zero-order valence-corrected chi connectivity index (χ0v) is 16.0. The van der Waals surface area contributed by atoms with E-state index >= 15 is 0 Å². The number of carbonyl (C=O) groups is 1. The molecule has 2 aromatic carbocycles. The summed E-state index contributed by atoms with van der Waals surface area (Å²) < 4.78 is 16.1. The average molecular weight is 386 g/mol. The van der Waals surface area contributed by atoms with Crippen molar-refractivity contribution in [1.82, 2.24) is 4.98 Å². The van der Waals surface area contributed by atoms with E-state index in [2.05, 4.69) is 11.1 Å². The summed E-state index contributed by atoms with van der Waals surface area (Å²) in [5, 5.41) is 9.61. The monoisotopic (exact) mass is 386 g/mol. The molecule has 0 saturated carbocycles. The lowest BCUT2D eigenvalue weighted by molar-refractivity contribution is 0.0729. The van der Waals surface area contributed by atoms with Crippen molar-refractivity contribution in [3.63, 3.8) is 0 Å². The molecule has 0 aliphatic carbocycles. The predicted octanol–water partition coefficient (Wildman–Crippen LogP) is 4.38. The Labute approximate surface area is 168 Å². The normalized spacial score (nSPS) is 10.7. The lowest BCUT2D eigenvalue weighted by Gasteiger charge is -2.11. The predicted molar refractivity (Wildman–Crippen MR) is 109 cm³/mol. The van der Waals surface area contributed by atoms with Gasteiger partial charge in [-0.1, -0.05) is 18.2 Å². The number of esters is 1. The summed E-state index contributed by atoms with van der Waals surface area (Å²) in [6.07, 6.45) is 4.72. The van der Waals surface area contributed by atoms with Crippen molar-refractivity contribution < 1.29 is 19.0 Å². The number of aromatic nitrogens is 1. The van der Waals surface area contributed by atoms with Gasteiger partial charge in [0.05, 0.1) is 31.4 Å². The maximum atomic E-state index is 12.3. The van der Waals surface area contributed by atoms with Gasteiger partial charge in [0.15, 0.2) is 11.5 Å². The number of para-hydroxylation sites is 1. The van der Waals surface area contributed by atoms with E-state index in [0.717, 1.165) is 0 Å². The highest BCUT2D eigenvalue weighted by Crippen LogP contribution is 2.32. The molecule has 1 aromatic heterocycles. The van der Waals surface area contributed by atoms with E-state index in [1.165, 1.54) is 13.3 Å². The lowest BCUT2D eigenvalue weighted by atomic mass is 10.0. The van der Waals surface area contributed by atoms with Gasteiger partial charge in [0.25, 0.3) is 0 Å². The average Bonchev–Trinajstić information content (AvgIpc) is 2.78. The maximum absolute atomic E-state index is 12.3. The van der Waals surface area contributed by atoms with E-state index in [1.54, 1.807) is 55.8 Å². The Hall–Kier alpha value is -4.11. The molecule has 0 saturated heterocycles. The number of nitriles is 1. The van der Waals surface area contributed by atoms with E-state index < -0.39 is 5.97 Å². The zero-order chi connectivity index (χ0) is 20.6. The lowest BCUT2D eigenvalue weighted by Crippen LogP contribution is -2.09. The molecule has 0 atom stereocenters. The second-order valence-electron chi connectivity index (χ2n) is 5.91. The minimum absolute atomic E-state index is 0.273. The Morgan fingerprint density at radius 3 is 2.48 bits per heavy atom. The molecule has 0 amide bonds. The molecule has 0 bridgehead atoms. The molecule has 0 aliphatic rings. The minimum Gasteiger partial charge on any atom is -0.496 e. The van der Waals surface area contributed by atoms with E-state index in [1.807, 2.05) is 18.2 Å². The van der Waals surface area contributed by atoms with Crippen LogP contribution in [0.5, 0.6) is 17.2 Å². The van der Waals surface area contributed by atoms with Crippen molar-refractivity contribution >= 4 is 17.6 Å². The quantitative estimate of drug-likeness (QED) is 0.271. The first-order valence-corrected chi connectivity index (χ1v) is 8.71. The molecule has 144 valence electrons. The van der Waals surface area contributed by atoms with E-state index in [-0.39, 0.29) is 5.75 Å². The van der Waals surface area contributed by atoms with Gasteiger partial charge in [0.2, 0.25) is 0 Å². The number of pyridine rings is 1. The summed E-state index contributed by atoms with van der Waals surface area (Å²) >= 11 is 0. The summed E-state index contributed by atoms with van der Waals surface area (Å²) in [5.41, 5.74) is 2.17. The Morgan fingerprint density at radius 2 is 1.79 bits per heavy atom. The fourth-order valence-corrected chi connectivity index (χ4v) is 2.70. The number of hydrogen-bond donors (Lipinski definition) is 0. The topological polar surface area (TPSA) is 81.4 Å². The summed E-state index contributed by atoms with van der Waals surface area (Å²) in [6.45, 7) is 0. The zero-order valence-electron chi connectivity index (χ0n) is 16.0. The van der Waals surface area contributed by atoms with Gasteiger partial charge in [-0.25, -0.2) is 4.79 Å². The fourth-order valence-electron chi connectivity index (χ4n) is 2.70. The first kappa shape index (κ1) is 19.6. The second kappa shape index (κ2) is 9.20. The van der Waals surface area contributed by atoms with Crippen molar-refractivity contribution in [2.75, 3.05) is 14.2 Å². The summed E-state index contributed by atoms with van der Waals surface area (Å²) in [5.74, 6) is 0.711. The molecule has 0 aliphatic heterocycles. The van der Waals surface area contributed by atoms with Gasteiger partial charge < -0.3 is 14.2 Å². The van der Waals surface area contributed by atoms with Crippen LogP contribution in [0.4, 0.5) is 0 Å². The number of carbonyl (C=O) groups excluding carboxylic acids is 1. The number of nitrogens with zero attached hydrogens (tertiary/aromatic N) is 2. The van der Waals surface area contributed by atoms with Crippen molar-refractivity contribution in [3.8, 4) is 23.3 Å². The Bertz CT molecular complexity index is 1090. The van der Waals surface area contributed by atoms with Gasteiger partial charge >= 0.3 is 5.97 Å². The van der Waals surface area contributed by atoms with Crippen LogP contribution in [0.3, 0.4) is 0 Å². The smallest absolute Gasteiger partial charge is 0.345 e. The van der Waals surface area contributed by atoms with Gasteiger partial charge in [-0.2, -0.15) is 5.26 Å². The Kier molecular flexibility index (Phi) is 6.23. The molecule has 1 heterocycles. The van der Waals surface area contributed by atoms with Crippen LogP contribution in [0, 0.1) is 11.3 Å². The molecular formula is C23H18N2O4. The van der Waals surface area contributed by atoms with Crippen molar-refractivity contribution in [2.24, 2.45) is 0 Å². The molecule has 0 fully saturated rings. The third-order valence-electron chi connectivity index (χ3n) is 4.12. The van der Waals surface area contributed by atoms with E-state index in [9.17, 15) is 10.1 Å². The van der Waals surface area contributed by atoms with E-state index in [4.69, 9.17) is 14.2 Å². The van der Waals surface area contributed by atoms with Crippen LogP contribution in [-0.4, -0.2) is 25.2 Å². The van der Waals surface area contributed by atoms with Crippen molar-refractivity contribution in [1.29, 1.82) is 5.26 Å². The largest absolute Gasteiger partial charge is 0.496 e. The second-order valence-corrected chi connectivity index (χ2v) is 5.91. The molecule has 6 nitrogen and oxygen atoms in total. The van der Waals surface area contributed by atoms with Crippen LogP contribution in [0.25, 0.3) is 11.6 Å². The minimum atomic E-state index is -0.536. The SMILES string of the molecule is COc1cc(/C=C(/C#N)c2ccccc2OC)ccc1OC(=O)c1cccnc1. The third-order valence-corrected chi connectivity index (χ3v) is 4.12. The van der Waals surface area contributed by atoms with Crippen molar-refractivity contribution in [3.05, 3.63) is 83.7 Å². The van der Waals surface area contributed by atoms with Gasteiger partial charge in [0.1, 0.15) is 5.75 Å². The van der Waals surface area contributed by atoms with Crippen LogP contribution >= 0.6 is 0 Å². The summed E-state index contributed by atoms with van der Waals surface area (Å²) in [4.78, 5) is 16.2. The van der Waals surface area contributed by atoms with Crippen molar-refractivity contribution in [2.45, 2.75) is 0 Å². The molecule has 0 unspecified atom stereocenters. The number of hydrogen-bond acceptors (Lipinski definition) is 6. The van der Waals surface area contributed by atoms with Gasteiger partial charge in [0, 0.05) is 18.0 Å². The van der Waals surface area contributed by atoms with Crippen LogP contribution < -0.4 is 14.2 Å². The molecule has 0 radical (unpaired) electrons. The highest BCUT2D eigenvalue weighted by atomic mass is 16.6. The molecule has 0 spiro atoms. The fraction of sp³-hybridized carbons (Fsp3) is 0.0870. The number of rotatable bonds is 6. The Balaban J connectivity index is 1.91. The molecular weight excluding hydrogens is 368 g/mol. The molecule has 3 rings (SSSR count). The van der Waals surface area contributed by atoms with Crippen LogP contribution in [-0.2, 0) is 0 Å². The summed E-state index contributed by atoms with van der Waals surface area (Å²) in [7, 11) is 3.04. The highest BCUT2D eigenvalue weighted by molar-refractivity contribution is 5.93. The molecule has 3 aromatic rings. The number of allylic oxidation sites excluding steroid dienone is 1. The standard InChI is InChI=1S/C23H18N2O4/c1-27-20-8-4-3-7-19(20)18(14-24)12-16-9-10-21(22(13-16)28-2)29-23(26)17-6-5-11-25-15-17/h3-13,15H,1-2H3/b18-12-. The van der Waals surface area contributed by atoms with Crippen LogP contribution in [0.1, 0.15) is 21.5 Å². The molecule has 6 heteroatoms. The van der Waals surface area contributed by atoms with Gasteiger partial charge in [-0.15, -0.1) is 0 Å². The van der Waals surface area contributed by atoms with Gasteiger partial charge in [-0.05, 0) is 48.0 Å². The molecule has 29 heavy (non-hydrogen) atoms. The van der Waals surface area contributed by atoms with Crippen LogP contribution in [0.15, 0.2) is 67.0 Å². The Morgan fingerprint density at radius 1 is 1.00 bits per heavy atom.